The molecule has 1 aromatic heterocycles. The fraction of sp³-hybridized carbons (Fsp3) is 0.786. The summed E-state index contributed by atoms with van der Waals surface area (Å²) in [6, 6.07) is 0.629. The van der Waals surface area contributed by atoms with E-state index >= 15 is 0 Å². The van der Waals surface area contributed by atoms with Gasteiger partial charge in [-0.3, -0.25) is 4.90 Å². The predicted octanol–water partition coefficient (Wildman–Crippen LogP) is 1.06. The van der Waals surface area contributed by atoms with Gasteiger partial charge in [0.15, 0.2) is 0 Å². The Morgan fingerprint density at radius 1 is 1.37 bits per heavy atom. The van der Waals surface area contributed by atoms with Gasteiger partial charge in [-0.2, -0.15) is 0 Å². The number of anilines is 1. The molecule has 1 aliphatic rings. The largest absolute Gasteiger partial charge is 0.348 e. The van der Waals surface area contributed by atoms with Crippen LogP contribution in [0.15, 0.2) is 6.20 Å². The Kier molecular flexibility index (Phi) is 4.82. The summed E-state index contributed by atoms with van der Waals surface area (Å²) in [6.07, 6.45) is 4.68. The second-order valence-electron chi connectivity index (χ2n) is 5.73. The van der Waals surface area contributed by atoms with Gasteiger partial charge in [0.1, 0.15) is 0 Å². The molecule has 0 radical (unpaired) electrons. The van der Waals surface area contributed by atoms with E-state index in [2.05, 4.69) is 33.7 Å². The highest BCUT2D eigenvalue weighted by Crippen LogP contribution is 2.12. The van der Waals surface area contributed by atoms with E-state index in [0.717, 1.165) is 19.0 Å². The van der Waals surface area contributed by atoms with Crippen molar-refractivity contribution >= 4 is 5.95 Å². The average Bonchev–Trinajstić information content (AvgIpc) is 2.99. The summed E-state index contributed by atoms with van der Waals surface area (Å²) < 4.78 is 2.15. The van der Waals surface area contributed by atoms with E-state index in [1.54, 1.807) is 0 Å². The number of rotatable bonds is 6. The van der Waals surface area contributed by atoms with Crippen LogP contribution >= 0.6 is 0 Å². The van der Waals surface area contributed by atoms with E-state index in [4.69, 9.17) is 0 Å². The Morgan fingerprint density at radius 3 is 2.63 bits per heavy atom. The molecule has 1 fully saturated rings. The third-order valence-electron chi connectivity index (χ3n) is 3.97. The maximum atomic E-state index is 4.43. The van der Waals surface area contributed by atoms with Gasteiger partial charge in [-0.1, -0.05) is 0 Å². The molecular weight excluding hydrogens is 238 g/mol. The first-order chi connectivity index (χ1) is 9.09. The quantitative estimate of drug-likeness (QED) is 0.834. The molecule has 5 nitrogen and oxygen atoms in total. The summed E-state index contributed by atoms with van der Waals surface area (Å²) in [5.41, 5.74) is 1.23. The van der Waals surface area contributed by atoms with Crippen molar-refractivity contribution in [1.82, 2.24) is 19.8 Å². The smallest absolute Gasteiger partial charge is 0.204 e. The van der Waals surface area contributed by atoms with E-state index in [1.807, 2.05) is 25.2 Å². The SMILES string of the molecule is CC(CNCc1cnc(N(C)C)n1C)N1CCCC1. The molecule has 2 rings (SSSR count). The van der Waals surface area contributed by atoms with Crippen LogP contribution in [0.1, 0.15) is 25.5 Å². The summed E-state index contributed by atoms with van der Waals surface area (Å²) >= 11 is 0. The summed E-state index contributed by atoms with van der Waals surface area (Å²) in [5.74, 6) is 1.00. The van der Waals surface area contributed by atoms with Crippen LogP contribution in [0.3, 0.4) is 0 Å². The number of hydrogen-bond donors (Lipinski definition) is 1. The highest BCUT2D eigenvalue weighted by molar-refractivity contribution is 5.30. The zero-order valence-corrected chi connectivity index (χ0v) is 12.7. The average molecular weight is 265 g/mol. The van der Waals surface area contributed by atoms with Gasteiger partial charge in [-0.25, -0.2) is 4.98 Å². The first-order valence-corrected chi connectivity index (χ1v) is 7.22. The van der Waals surface area contributed by atoms with Gasteiger partial charge in [0.05, 0.1) is 11.9 Å². The Balaban J connectivity index is 1.79. The molecule has 0 aromatic carbocycles. The van der Waals surface area contributed by atoms with Crippen LogP contribution in [0.25, 0.3) is 0 Å². The number of imidazole rings is 1. The monoisotopic (exact) mass is 265 g/mol. The minimum Gasteiger partial charge on any atom is -0.348 e. The molecule has 0 bridgehead atoms. The fourth-order valence-electron chi connectivity index (χ4n) is 2.73. The Morgan fingerprint density at radius 2 is 2.05 bits per heavy atom. The van der Waals surface area contributed by atoms with Crippen molar-refractivity contribution in [3.05, 3.63) is 11.9 Å². The summed E-state index contributed by atoms with van der Waals surface area (Å²) in [6.45, 7) is 6.77. The molecule has 108 valence electrons. The van der Waals surface area contributed by atoms with Crippen molar-refractivity contribution < 1.29 is 0 Å². The Labute approximate surface area is 116 Å². The van der Waals surface area contributed by atoms with Gasteiger partial charge in [0, 0.05) is 40.3 Å². The molecule has 0 spiro atoms. The van der Waals surface area contributed by atoms with Gasteiger partial charge < -0.3 is 14.8 Å². The van der Waals surface area contributed by atoms with Gasteiger partial charge in [0.2, 0.25) is 5.95 Å². The van der Waals surface area contributed by atoms with E-state index in [0.29, 0.717) is 6.04 Å². The zero-order valence-electron chi connectivity index (χ0n) is 12.7. The summed E-state index contributed by atoms with van der Waals surface area (Å²) in [4.78, 5) is 9.04. The van der Waals surface area contributed by atoms with Crippen molar-refractivity contribution in [3.63, 3.8) is 0 Å². The van der Waals surface area contributed by atoms with Crippen LogP contribution in [0.5, 0.6) is 0 Å². The molecule has 1 aliphatic heterocycles. The lowest BCUT2D eigenvalue weighted by Crippen LogP contribution is -2.38. The maximum absolute atomic E-state index is 4.43. The molecule has 0 aliphatic carbocycles. The number of hydrogen-bond acceptors (Lipinski definition) is 4. The van der Waals surface area contributed by atoms with Crippen LogP contribution in [-0.2, 0) is 13.6 Å². The van der Waals surface area contributed by atoms with Gasteiger partial charge in [0.25, 0.3) is 0 Å². The Bertz CT molecular complexity index is 393. The zero-order chi connectivity index (χ0) is 13.8. The predicted molar refractivity (Wildman–Crippen MR) is 79.5 cm³/mol. The van der Waals surface area contributed by atoms with E-state index in [-0.39, 0.29) is 0 Å². The van der Waals surface area contributed by atoms with Gasteiger partial charge in [-0.05, 0) is 32.9 Å². The summed E-state index contributed by atoms with van der Waals surface area (Å²) in [5, 5.41) is 3.55. The molecule has 1 saturated heterocycles. The number of likely N-dealkylation sites (tertiary alicyclic amines) is 1. The van der Waals surface area contributed by atoms with Gasteiger partial charge >= 0.3 is 0 Å². The van der Waals surface area contributed by atoms with Crippen molar-refractivity contribution in [2.24, 2.45) is 7.05 Å². The molecule has 0 saturated carbocycles. The van der Waals surface area contributed by atoms with Crippen LogP contribution in [0.2, 0.25) is 0 Å². The molecule has 1 aromatic rings. The highest BCUT2D eigenvalue weighted by Gasteiger charge is 2.17. The van der Waals surface area contributed by atoms with Crippen LogP contribution in [0.4, 0.5) is 5.95 Å². The number of nitrogens with zero attached hydrogens (tertiary/aromatic N) is 4. The Hall–Kier alpha value is -1.07. The van der Waals surface area contributed by atoms with Crippen molar-refractivity contribution in [2.75, 3.05) is 38.6 Å². The normalized spacial score (nSPS) is 17.9. The van der Waals surface area contributed by atoms with E-state index < -0.39 is 0 Å². The minimum atomic E-state index is 0.629. The molecule has 19 heavy (non-hydrogen) atoms. The third kappa shape index (κ3) is 3.48. The van der Waals surface area contributed by atoms with Crippen molar-refractivity contribution in [1.29, 1.82) is 0 Å². The van der Waals surface area contributed by atoms with E-state index in [1.165, 1.54) is 31.6 Å². The maximum Gasteiger partial charge on any atom is 0.204 e. The molecule has 1 atom stereocenters. The second-order valence-corrected chi connectivity index (χ2v) is 5.73. The van der Waals surface area contributed by atoms with E-state index in [9.17, 15) is 0 Å². The topological polar surface area (TPSA) is 36.3 Å². The third-order valence-corrected chi connectivity index (χ3v) is 3.97. The van der Waals surface area contributed by atoms with Crippen molar-refractivity contribution in [3.8, 4) is 0 Å². The van der Waals surface area contributed by atoms with Gasteiger partial charge in [-0.15, -0.1) is 0 Å². The van der Waals surface area contributed by atoms with Crippen molar-refractivity contribution in [2.45, 2.75) is 32.4 Å². The second kappa shape index (κ2) is 6.39. The lowest BCUT2D eigenvalue weighted by atomic mass is 10.3. The molecule has 5 heteroatoms. The fourth-order valence-corrected chi connectivity index (χ4v) is 2.73. The molecule has 1 N–H and O–H groups in total. The standard InChI is InChI=1S/C14H27N5/c1-12(19-7-5-6-8-19)9-15-10-13-11-16-14(17(2)3)18(13)4/h11-12,15H,5-10H2,1-4H3. The highest BCUT2D eigenvalue weighted by atomic mass is 15.3. The lowest BCUT2D eigenvalue weighted by Gasteiger charge is -2.24. The van der Waals surface area contributed by atoms with Crippen LogP contribution < -0.4 is 10.2 Å². The first-order valence-electron chi connectivity index (χ1n) is 7.22. The number of nitrogens with one attached hydrogen (secondary N) is 1. The lowest BCUT2D eigenvalue weighted by molar-refractivity contribution is 0.251. The first kappa shape index (κ1) is 14.3. The number of aromatic nitrogens is 2. The molecular formula is C14H27N5. The minimum absolute atomic E-state index is 0.629. The van der Waals surface area contributed by atoms with Crippen LogP contribution in [0, 0.1) is 0 Å². The molecule has 2 heterocycles. The molecule has 1 unspecified atom stereocenters. The van der Waals surface area contributed by atoms with Crippen LogP contribution in [-0.4, -0.2) is 54.2 Å². The summed E-state index contributed by atoms with van der Waals surface area (Å²) in [7, 11) is 6.12. The molecule has 0 amide bonds.